The first-order chi connectivity index (χ1) is 8.08. The monoisotopic (exact) mass is 239 g/mol. The minimum Gasteiger partial charge on any atom is -0.351 e. The Labute approximate surface area is 98.0 Å². The Hall–Kier alpha value is -1.63. The predicted octanol–water partition coefficient (Wildman–Crippen LogP) is -0.836. The molecular formula is C10H17N5O2. The molecule has 17 heavy (non-hydrogen) atoms. The molecule has 0 aromatic carbocycles. The van der Waals surface area contributed by atoms with E-state index in [9.17, 15) is 9.59 Å². The van der Waals surface area contributed by atoms with Gasteiger partial charge in [0.05, 0.1) is 0 Å². The number of aromatic amines is 2. The second-order valence-electron chi connectivity index (χ2n) is 4.51. The van der Waals surface area contributed by atoms with Crippen molar-refractivity contribution in [2.24, 2.45) is 5.73 Å². The Morgan fingerprint density at radius 2 is 1.94 bits per heavy atom. The van der Waals surface area contributed by atoms with Gasteiger partial charge in [0.2, 0.25) is 5.82 Å². The van der Waals surface area contributed by atoms with Gasteiger partial charge in [0, 0.05) is 19.1 Å². The highest BCUT2D eigenvalue weighted by atomic mass is 16.2. The second-order valence-corrected chi connectivity index (χ2v) is 4.51. The van der Waals surface area contributed by atoms with Crippen LogP contribution in [0.3, 0.4) is 0 Å². The Balaban J connectivity index is 2.16. The van der Waals surface area contributed by atoms with Crippen LogP contribution in [-0.2, 0) is 0 Å². The van der Waals surface area contributed by atoms with Gasteiger partial charge in [-0.2, -0.15) is 0 Å². The van der Waals surface area contributed by atoms with Crippen LogP contribution in [0.2, 0.25) is 0 Å². The van der Waals surface area contributed by atoms with Crippen molar-refractivity contribution in [1.82, 2.24) is 15.2 Å². The van der Waals surface area contributed by atoms with Crippen molar-refractivity contribution in [2.45, 2.75) is 37.8 Å². The van der Waals surface area contributed by atoms with Crippen LogP contribution in [0.25, 0.3) is 0 Å². The van der Waals surface area contributed by atoms with Crippen molar-refractivity contribution >= 4 is 5.82 Å². The number of aromatic nitrogens is 3. The summed E-state index contributed by atoms with van der Waals surface area (Å²) < 4.78 is 0. The fourth-order valence-electron chi connectivity index (χ4n) is 2.24. The third kappa shape index (κ3) is 2.55. The van der Waals surface area contributed by atoms with E-state index in [1.165, 1.54) is 0 Å². The fraction of sp³-hybridized carbons (Fsp3) is 0.700. The molecule has 0 radical (unpaired) electrons. The first-order valence-electron chi connectivity index (χ1n) is 5.75. The van der Waals surface area contributed by atoms with Crippen LogP contribution in [0.15, 0.2) is 9.59 Å². The smallest absolute Gasteiger partial charge is 0.342 e. The van der Waals surface area contributed by atoms with Crippen LogP contribution in [0.4, 0.5) is 5.82 Å². The molecule has 7 nitrogen and oxygen atoms in total. The Bertz CT molecular complexity index is 486. The molecular weight excluding hydrogens is 222 g/mol. The lowest BCUT2D eigenvalue weighted by Crippen LogP contribution is -2.42. The molecule has 0 amide bonds. The summed E-state index contributed by atoms with van der Waals surface area (Å²) in [5, 5.41) is 6.03. The van der Waals surface area contributed by atoms with Crippen molar-refractivity contribution in [3.8, 4) is 0 Å². The molecule has 0 spiro atoms. The van der Waals surface area contributed by atoms with Crippen LogP contribution in [0, 0.1) is 0 Å². The largest absolute Gasteiger partial charge is 0.351 e. The number of nitrogens with zero attached hydrogens (tertiary/aromatic N) is 2. The first kappa shape index (κ1) is 11.8. The van der Waals surface area contributed by atoms with E-state index in [2.05, 4.69) is 15.2 Å². The summed E-state index contributed by atoms with van der Waals surface area (Å²) in [7, 11) is 1.82. The van der Waals surface area contributed by atoms with E-state index in [0.717, 1.165) is 25.7 Å². The molecule has 1 fully saturated rings. The van der Waals surface area contributed by atoms with Gasteiger partial charge in [-0.3, -0.25) is 9.78 Å². The Morgan fingerprint density at radius 3 is 2.53 bits per heavy atom. The predicted molar refractivity (Wildman–Crippen MR) is 64.1 cm³/mol. The first-order valence-corrected chi connectivity index (χ1v) is 5.75. The van der Waals surface area contributed by atoms with Crippen molar-refractivity contribution < 1.29 is 0 Å². The van der Waals surface area contributed by atoms with Crippen molar-refractivity contribution in [2.75, 3.05) is 11.9 Å². The molecule has 0 saturated heterocycles. The van der Waals surface area contributed by atoms with Gasteiger partial charge < -0.3 is 10.6 Å². The molecule has 1 aromatic heterocycles. The zero-order valence-electron chi connectivity index (χ0n) is 9.77. The Morgan fingerprint density at radius 1 is 1.29 bits per heavy atom. The summed E-state index contributed by atoms with van der Waals surface area (Å²) in [6.07, 6.45) is 3.79. The molecule has 1 aromatic rings. The molecule has 94 valence electrons. The highest BCUT2D eigenvalue weighted by Gasteiger charge is 2.24. The summed E-state index contributed by atoms with van der Waals surface area (Å²) in [5.41, 5.74) is 4.80. The van der Waals surface area contributed by atoms with Gasteiger partial charge in [-0.15, -0.1) is 5.10 Å². The normalized spacial score (nSPS) is 24.6. The van der Waals surface area contributed by atoms with Crippen LogP contribution in [-0.4, -0.2) is 34.3 Å². The topological polar surface area (TPSA) is 108 Å². The molecule has 1 heterocycles. The molecule has 0 atom stereocenters. The molecule has 0 bridgehead atoms. The van der Waals surface area contributed by atoms with Gasteiger partial charge in [-0.1, -0.05) is 0 Å². The maximum absolute atomic E-state index is 11.6. The van der Waals surface area contributed by atoms with Crippen LogP contribution in [0.1, 0.15) is 25.7 Å². The summed E-state index contributed by atoms with van der Waals surface area (Å²) in [6, 6.07) is 0.524. The maximum Gasteiger partial charge on any atom is 0.342 e. The number of anilines is 1. The van der Waals surface area contributed by atoms with Crippen LogP contribution < -0.4 is 21.9 Å². The van der Waals surface area contributed by atoms with E-state index < -0.39 is 11.2 Å². The number of nitrogens with one attached hydrogen (secondary N) is 2. The molecule has 2 rings (SSSR count). The van der Waals surface area contributed by atoms with Crippen molar-refractivity contribution in [3.05, 3.63) is 20.8 Å². The summed E-state index contributed by atoms with van der Waals surface area (Å²) >= 11 is 0. The van der Waals surface area contributed by atoms with Gasteiger partial charge in [0.15, 0.2) is 0 Å². The molecule has 1 aliphatic carbocycles. The molecule has 7 heteroatoms. The summed E-state index contributed by atoms with van der Waals surface area (Å²) in [4.78, 5) is 26.5. The lowest BCUT2D eigenvalue weighted by Gasteiger charge is -2.33. The average molecular weight is 239 g/mol. The van der Waals surface area contributed by atoms with E-state index in [1.807, 2.05) is 11.9 Å². The zero-order chi connectivity index (χ0) is 12.4. The van der Waals surface area contributed by atoms with E-state index in [1.54, 1.807) is 0 Å². The standard InChI is InChI=1S/C10H17N5O2/c1-15(7-4-2-6(11)3-5-7)8-9(16)12-10(17)14-13-8/h6-7H,2-5,11H2,1H3,(H2,12,14,16,17). The van der Waals surface area contributed by atoms with E-state index in [-0.39, 0.29) is 17.9 Å². The molecule has 0 unspecified atom stereocenters. The van der Waals surface area contributed by atoms with Crippen LogP contribution >= 0.6 is 0 Å². The minimum atomic E-state index is -0.585. The van der Waals surface area contributed by atoms with E-state index in [0.29, 0.717) is 0 Å². The quantitative estimate of drug-likeness (QED) is 0.624. The third-order valence-corrected chi connectivity index (χ3v) is 3.32. The molecule has 0 aliphatic heterocycles. The fourth-order valence-corrected chi connectivity index (χ4v) is 2.24. The Kier molecular flexibility index (Phi) is 3.28. The molecule has 1 aliphatic rings. The third-order valence-electron chi connectivity index (χ3n) is 3.32. The number of nitrogens with two attached hydrogens (primary N) is 1. The van der Waals surface area contributed by atoms with Gasteiger partial charge in [0.25, 0.3) is 5.56 Å². The SMILES string of the molecule is CN(c1n[nH]c(=O)[nH]c1=O)C1CCC(N)CC1. The average Bonchev–Trinajstić information content (AvgIpc) is 2.29. The summed E-state index contributed by atoms with van der Waals surface area (Å²) in [6.45, 7) is 0. The number of rotatable bonds is 2. The minimum absolute atomic E-state index is 0.255. The van der Waals surface area contributed by atoms with E-state index >= 15 is 0 Å². The zero-order valence-corrected chi connectivity index (χ0v) is 9.77. The summed E-state index contributed by atoms with van der Waals surface area (Å²) in [5.74, 6) is 0.255. The molecule has 4 N–H and O–H groups in total. The highest BCUT2D eigenvalue weighted by molar-refractivity contribution is 5.34. The van der Waals surface area contributed by atoms with Gasteiger partial charge in [-0.25, -0.2) is 9.89 Å². The van der Waals surface area contributed by atoms with Gasteiger partial charge in [-0.05, 0) is 25.7 Å². The lowest BCUT2D eigenvalue weighted by molar-refractivity contribution is 0.382. The number of H-pyrrole nitrogens is 2. The maximum atomic E-state index is 11.6. The van der Waals surface area contributed by atoms with Crippen molar-refractivity contribution in [3.63, 3.8) is 0 Å². The van der Waals surface area contributed by atoms with Crippen LogP contribution in [0.5, 0.6) is 0 Å². The molecule has 1 saturated carbocycles. The second kappa shape index (κ2) is 4.70. The van der Waals surface area contributed by atoms with Crippen molar-refractivity contribution in [1.29, 1.82) is 0 Å². The number of hydrogen-bond acceptors (Lipinski definition) is 5. The highest BCUT2D eigenvalue weighted by Crippen LogP contribution is 2.22. The van der Waals surface area contributed by atoms with E-state index in [4.69, 9.17) is 5.73 Å². The lowest BCUT2D eigenvalue weighted by atomic mass is 9.91. The number of hydrogen-bond donors (Lipinski definition) is 3. The van der Waals surface area contributed by atoms with Gasteiger partial charge >= 0.3 is 5.69 Å². The van der Waals surface area contributed by atoms with Gasteiger partial charge in [0.1, 0.15) is 0 Å².